The van der Waals surface area contributed by atoms with Crippen LogP contribution in [0.15, 0.2) is 36.8 Å². The molecule has 0 radical (unpaired) electrons. The van der Waals surface area contributed by atoms with Crippen LogP contribution in [0.25, 0.3) is 10.9 Å². The molecule has 0 saturated heterocycles. The molecular formula is C16H20N4O. The topological polar surface area (TPSA) is 44.9 Å². The molecule has 3 rings (SSSR count). The van der Waals surface area contributed by atoms with Gasteiger partial charge in [0.2, 0.25) is 0 Å². The zero-order valence-corrected chi connectivity index (χ0v) is 12.7. The summed E-state index contributed by atoms with van der Waals surface area (Å²) in [6.45, 7) is 7.60. The molecule has 0 aliphatic rings. The highest BCUT2D eigenvalue weighted by Gasteiger charge is 2.11. The lowest BCUT2D eigenvalue weighted by molar-refractivity contribution is 0.344. The maximum absolute atomic E-state index is 5.68. The van der Waals surface area contributed by atoms with Crippen LogP contribution in [-0.4, -0.2) is 25.9 Å². The van der Waals surface area contributed by atoms with Crippen molar-refractivity contribution in [3.63, 3.8) is 0 Å². The average molecular weight is 284 g/mol. The molecular weight excluding hydrogens is 264 g/mol. The fourth-order valence-electron chi connectivity index (χ4n) is 2.59. The molecule has 0 fully saturated rings. The fraction of sp³-hybridized carbons (Fsp3) is 0.375. The number of benzene rings is 1. The predicted octanol–water partition coefficient (Wildman–Crippen LogP) is 3.26. The average Bonchev–Trinajstić information content (AvgIpc) is 3.08. The molecule has 0 saturated carbocycles. The lowest BCUT2D eigenvalue weighted by Gasteiger charge is -2.11. The van der Waals surface area contributed by atoms with Crippen molar-refractivity contribution in [3.05, 3.63) is 42.6 Å². The van der Waals surface area contributed by atoms with Gasteiger partial charge in [-0.3, -0.25) is 0 Å². The summed E-state index contributed by atoms with van der Waals surface area (Å²) in [5, 5.41) is 5.43. The van der Waals surface area contributed by atoms with Gasteiger partial charge in [-0.15, -0.1) is 0 Å². The fourth-order valence-corrected chi connectivity index (χ4v) is 2.59. The van der Waals surface area contributed by atoms with Crippen molar-refractivity contribution in [1.82, 2.24) is 19.3 Å². The van der Waals surface area contributed by atoms with Crippen LogP contribution >= 0.6 is 0 Å². The first-order chi connectivity index (χ1) is 10.2. The monoisotopic (exact) mass is 284 g/mol. The second-order valence-corrected chi connectivity index (χ2v) is 5.28. The molecule has 0 amide bonds. The van der Waals surface area contributed by atoms with Crippen LogP contribution in [0.1, 0.15) is 32.6 Å². The third-order valence-corrected chi connectivity index (χ3v) is 3.52. The van der Waals surface area contributed by atoms with Gasteiger partial charge in [0.1, 0.15) is 17.9 Å². The highest BCUT2D eigenvalue weighted by Crippen LogP contribution is 2.27. The van der Waals surface area contributed by atoms with Crippen molar-refractivity contribution in [3.8, 4) is 5.75 Å². The zero-order chi connectivity index (χ0) is 14.8. The molecule has 0 spiro atoms. The lowest BCUT2D eigenvalue weighted by Crippen LogP contribution is -2.11. The van der Waals surface area contributed by atoms with Gasteiger partial charge in [0.25, 0.3) is 0 Å². The molecule has 5 heteroatoms. The molecule has 2 heterocycles. The Balaban J connectivity index is 1.98. The molecule has 0 N–H and O–H groups in total. The number of fused-ring (bicyclic) bond motifs is 1. The summed E-state index contributed by atoms with van der Waals surface area (Å²) in [4.78, 5) is 4.38. The van der Waals surface area contributed by atoms with E-state index >= 15 is 0 Å². The van der Waals surface area contributed by atoms with Crippen molar-refractivity contribution in [2.24, 2.45) is 0 Å². The largest absolute Gasteiger partial charge is 0.493 e. The van der Waals surface area contributed by atoms with Gasteiger partial charge >= 0.3 is 0 Å². The predicted molar refractivity (Wildman–Crippen MR) is 82.6 cm³/mol. The van der Waals surface area contributed by atoms with Gasteiger partial charge in [-0.2, -0.15) is 5.10 Å². The van der Waals surface area contributed by atoms with Gasteiger partial charge in [-0.1, -0.05) is 6.07 Å². The molecule has 0 unspecified atom stereocenters. The number of aromatic nitrogens is 4. The lowest BCUT2D eigenvalue weighted by atomic mass is 10.2. The first kappa shape index (κ1) is 13.7. The van der Waals surface area contributed by atoms with Gasteiger partial charge in [0, 0.05) is 17.6 Å². The number of rotatable bonds is 5. The highest BCUT2D eigenvalue weighted by atomic mass is 16.5. The molecule has 0 aliphatic heterocycles. The van der Waals surface area contributed by atoms with E-state index in [2.05, 4.69) is 46.8 Å². The van der Waals surface area contributed by atoms with E-state index in [4.69, 9.17) is 4.74 Å². The van der Waals surface area contributed by atoms with Crippen molar-refractivity contribution < 1.29 is 4.74 Å². The van der Waals surface area contributed by atoms with Gasteiger partial charge in [-0.25, -0.2) is 9.67 Å². The Hall–Kier alpha value is -2.30. The van der Waals surface area contributed by atoms with Crippen LogP contribution < -0.4 is 4.74 Å². The summed E-state index contributed by atoms with van der Waals surface area (Å²) in [5.74, 6) is 1.89. The molecule has 1 aromatic carbocycles. The van der Waals surface area contributed by atoms with Gasteiger partial charge < -0.3 is 9.30 Å². The Morgan fingerprint density at radius 3 is 2.86 bits per heavy atom. The second-order valence-electron chi connectivity index (χ2n) is 5.28. The van der Waals surface area contributed by atoms with E-state index in [9.17, 15) is 0 Å². The maximum atomic E-state index is 5.68. The molecule has 0 aliphatic carbocycles. The third kappa shape index (κ3) is 2.51. The Bertz CT molecular complexity index is 742. The summed E-state index contributed by atoms with van der Waals surface area (Å²) >= 11 is 0. The Labute approximate surface area is 124 Å². The Kier molecular flexibility index (Phi) is 3.64. The number of ether oxygens (including phenoxy) is 1. The van der Waals surface area contributed by atoms with Crippen LogP contribution in [-0.2, 0) is 6.54 Å². The van der Waals surface area contributed by atoms with Crippen molar-refractivity contribution in [2.75, 3.05) is 6.61 Å². The zero-order valence-electron chi connectivity index (χ0n) is 12.7. The summed E-state index contributed by atoms with van der Waals surface area (Å²) in [6.07, 6.45) is 3.69. The summed E-state index contributed by atoms with van der Waals surface area (Å²) < 4.78 is 9.82. The summed E-state index contributed by atoms with van der Waals surface area (Å²) in [5.41, 5.74) is 1.15. The van der Waals surface area contributed by atoms with E-state index in [1.165, 1.54) is 0 Å². The minimum absolute atomic E-state index is 0.309. The first-order valence-electron chi connectivity index (χ1n) is 7.29. The normalized spacial score (nSPS) is 11.4. The van der Waals surface area contributed by atoms with E-state index in [1.54, 1.807) is 6.33 Å². The number of hydrogen-bond acceptors (Lipinski definition) is 3. The van der Waals surface area contributed by atoms with Gasteiger partial charge in [0.15, 0.2) is 0 Å². The van der Waals surface area contributed by atoms with Gasteiger partial charge in [-0.05, 0) is 39.0 Å². The molecule has 3 aromatic rings. The van der Waals surface area contributed by atoms with E-state index < -0.39 is 0 Å². The van der Waals surface area contributed by atoms with E-state index in [0.29, 0.717) is 19.2 Å². The first-order valence-corrected chi connectivity index (χ1v) is 7.29. The molecule has 21 heavy (non-hydrogen) atoms. The van der Waals surface area contributed by atoms with E-state index in [-0.39, 0.29) is 0 Å². The van der Waals surface area contributed by atoms with Crippen LogP contribution in [0.2, 0.25) is 0 Å². The van der Waals surface area contributed by atoms with Crippen molar-refractivity contribution in [2.45, 2.75) is 33.4 Å². The smallest absolute Gasteiger partial charge is 0.147 e. The molecule has 5 nitrogen and oxygen atoms in total. The van der Waals surface area contributed by atoms with Crippen LogP contribution in [0, 0.1) is 0 Å². The summed E-state index contributed by atoms with van der Waals surface area (Å²) in [7, 11) is 0. The van der Waals surface area contributed by atoms with E-state index in [0.717, 1.165) is 22.5 Å². The maximum Gasteiger partial charge on any atom is 0.147 e. The molecule has 0 bridgehead atoms. The number of hydrogen-bond donors (Lipinski definition) is 0. The highest BCUT2D eigenvalue weighted by molar-refractivity contribution is 5.86. The van der Waals surface area contributed by atoms with Crippen molar-refractivity contribution in [1.29, 1.82) is 0 Å². The Morgan fingerprint density at radius 1 is 1.24 bits per heavy atom. The standard InChI is InChI=1S/C16H20N4O/c1-4-21-15-7-5-6-14-13(15)8-9-19(14)10-16-17-11-18-20(16)12(2)3/h5-9,11-12H,4,10H2,1-3H3. The van der Waals surface area contributed by atoms with Crippen LogP contribution in [0.4, 0.5) is 0 Å². The van der Waals surface area contributed by atoms with Crippen LogP contribution in [0.3, 0.4) is 0 Å². The molecule has 0 atom stereocenters. The minimum Gasteiger partial charge on any atom is -0.493 e. The third-order valence-electron chi connectivity index (χ3n) is 3.52. The molecule has 110 valence electrons. The minimum atomic E-state index is 0.309. The summed E-state index contributed by atoms with van der Waals surface area (Å²) in [6, 6.07) is 8.54. The quantitative estimate of drug-likeness (QED) is 0.722. The molecule has 2 aromatic heterocycles. The van der Waals surface area contributed by atoms with Crippen LogP contribution in [0.5, 0.6) is 5.75 Å². The second kappa shape index (κ2) is 5.60. The van der Waals surface area contributed by atoms with Crippen molar-refractivity contribution >= 4 is 10.9 Å². The van der Waals surface area contributed by atoms with E-state index in [1.807, 2.05) is 23.7 Å². The SMILES string of the molecule is CCOc1cccc2c1ccn2Cc1ncnn1C(C)C. The van der Waals surface area contributed by atoms with Gasteiger partial charge in [0.05, 0.1) is 18.7 Å². The number of nitrogens with zero attached hydrogens (tertiary/aromatic N) is 4. The Morgan fingerprint density at radius 2 is 2.10 bits per heavy atom.